The Hall–Kier alpha value is -2.39. The maximum atomic E-state index is 13.3. The summed E-state index contributed by atoms with van der Waals surface area (Å²) in [6.07, 6.45) is 0.706. The molecule has 122 valence electrons. The van der Waals surface area contributed by atoms with Gasteiger partial charge in [-0.1, -0.05) is 73.7 Å². The zero-order chi connectivity index (χ0) is 16.8. The van der Waals surface area contributed by atoms with Gasteiger partial charge in [-0.2, -0.15) is 0 Å². The zero-order valence-electron chi connectivity index (χ0n) is 13.7. The fourth-order valence-electron chi connectivity index (χ4n) is 3.17. The van der Waals surface area contributed by atoms with Gasteiger partial charge in [0, 0.05) is 4.88 Å². The minimum atomic E-state index is -0.667. The van der Waals surface area contributed by atoms with Crippen LogP contribution in [0.1, 0.15) is 29.3 Å². The summed E-state index contributed by atoms with van der Waals surface area (Å²) >= 11 is 1.66. The molecular formula is C21H21NOS. The Kier molecular flexibility index (Phi) is 5.11. The fraction of sp³-hybridized carbons (Fsp3) is 0.190. The molecule has 0 bridgehead atoms. The molecule has 2 nitrogen and oxygen atoms in total. The average Bonchev–Trinajstić information content (AvgIpc) is 3.16. The molecule has 3 heteroatoms. The molecule has 0 aliphatic carbocycles. The fourth-order valence-corrected chi connectivity index (χ4v) is 3.82. The van der Waals surface area contributed by atoms with E-state index in [0.717, 1.165) is 16.0 Å². The summed E-state index contributed by atoms with van der Waals surface area (Å²) in [4.78, 5) is 14.4. The van der Waals surface area contributed by atoms with E-state index in [0.29, 0.717) is 13.0 Å². The van der Waals surface area contributed by atoms with Crippen molar-refractivity contribution in [3.63, 3.8) is 0 Å². The van der Waals surface area contributed by atoms with Gasteiger partial charge < -0.3 is 5.32 Å². The van der Waals surface area contributed by atoms with Gasteiger partial charge in [-0.3, -0.25) is 4.79 Å². The van der Waals surface area contributed by atoms with Crippen LogP contribution in [0.15, 0.2) is 78.2 Å². The highest BCUT2D eigenvalue weighted by molar-refractivity contribution is 7.09. The van der Waals surface area contributed by atoms with Gasteiger partial charge in [0.1, 0.15) is 0 Å². The highest BCUT2D eigenvalue weighted by Crippen LogP contribution is 2.36. The van der Waals surface area contributed by atoms with Crippen LogP contribution >= 0.6 is 11.3 Å². The zero-order valence-corrected chi connectivity index (χ0v) is 14.6. The Morgan fingerprint density at radius 3 is 1.96 bits per heavy atom. The van der Waals surface area contributed by atoms with Crippen molar-refractivity contribution >= 4 is 17.2 Å². The van der Waals surface area contributed by atoms with Gasteiger partial charge in [0.25, 0.3) is 0 Å². The Morgan fingerprint density at radius 1 is 0.917 bits per heavy atom. The number of hydrogen-bond acceptors (Lipinski definition) is 2. The van der Waals surface area contributed by atoms with Gasteiger partial charge in [0.2, 0.25) is 5.91 Å². The summed E-state index contributed by atoms with van der Waals surface area (Å²) in [5.41, 5.74) is 1.39. The van der Waals surface area contributed by atoms with Gasteiger partial charge in [0.05, 0.1) is 12.0 Å². The summed E-state index contributed by atoms with van der Waals surface area (Å²) in [6, 6.07) is 24.2. The van der Waals surface area contributed by atoms with Gasteiger partial charge in [-0.15, -0.1) is 11.3 Å². The lowest BCUT2D eigenvalue weighted by Crippen LogP contribution is -2.44. The predicted molar refractivity (Wildman–Crippen MR) is 100 cm³/mol. The van der Waals surface area contributed by atoms with Crippen LogP contribution in [0.25, 0.3) is 0 Å². The van der Waals surface area contributed by atoms with Crippen molar-refractivity contribution in [2.75, 3.05) is 0 Å². The van der Waals surface area contributed by atoms with E-state index in [1.165, 1.54) is 0 Å². The molecule has 3 rings (SSSR count). The number of amides is 1. The first-order chi connectivity index (χ1) is 11.8. The van der Waals surface area contributed by atoms with Gasteiger partial charge in [0.15, 0.2) is 0 Å². The maximum Gasteiger partial charge on any atom is 0.235 e. The van der Waals surface area contributed by atoms with E-state index >= 15 is 0 Å². The molecule has 24 heavy (non-hydrogen) atoms. The highest BCUT2D eigenvalue weighted by Gasteiger charge is 2.40. The van der Waals surface area contributed by atoms with E-state index < -0.39 is 5.41 Å². The van der Waals surface area contributed by atoms with E-state index in [9.17, 15) is 4.79 Å². The first-order valence-electron chi connectivity index (χ1n) is 8.19. The van der Waals surface area contributed by atoms with Crippen molar-refractivity contribution in [2.24, 2.45) is 0 Å². The molecule has 0 aliphatic rings. The largest absolute Gasteiger partial charge is 0.350 e. The summed E-state index contributed by atoms with van der Waals surface area (Å²) in [7, 11) is 0. The van der Waals surface area contributed by atoms with E-state index in [1.54, 1.807) is 11.3 Å². The third-order valence-corrected chi connectivity index (χ3v) is 5.33. The second-order valence-electron chi connectivity index (χ2n) is 5.75. The first kappa shape index (κ1) is 16.5. The molecule has 0 spiro atoms. The highest BCUT2D eigenvalue weighted by atomic mass is 32.1. The third-order valence-electron chi connectivity index (χ3n) is 4.45. The lowest BCUT2D eigenvalue weighted by atomic mass is 9.71. The van der Waals surface area contributed by atoms with Crippen molar-refractivity contribution < 1.29 is 4.79 Å². The smallest absolute Gasteiger partial charge is 0.235 e. The van der Waals surface area contributed by atoms with Crippen LogP contribution in [0, 0.1) is 0 Å². The topological polar surface area (TPSA) is 29.1 Å². The van der Waals surface area contributed by atoms with Crippen LogP contribution in [0.3, 0.4) is 0 Å². The molecule has 0 atom stereocenters. The van der Waals surface area contributed by atoms with E-state index in [-0.39, 0.29) is 5.91 Å². The maximum absolute atomic E-state index is 13.3. The predicted octanol–water partition coefficient (Wildman–Crippen LogP) is 4.76. The standard InChI is InChI=1S/C21H21NOS/c1-2-21(17-10-5-3-6-11-17,18-12-7-4-8-13-18)20(23)22-16-19-14-9-15-24-19/h3-15H,2,16H2,1H3,(H,22,23). The Morgan fingerprint density at radius 2 is 1.50 bits per heavy atom. The van der Waals surface area contributed by atoms with Gasteiger partial charge in [-0.25, -0.2) is 0 Å². The molecule has 0 fully saturated rings. The van der Waals surface area contributed by atoms with Crippen molar-refractivity contribution in [1.82, 2.24) is 5.32 Å². The van der Waals surface area contributed by atoms with Crippen LogP contribution in [-0.4, -0.2) is 5.91 Å². The number of benzene rings is 2. The van der Waals surface area contributed by atoms with Crippen LogP contribution in [-0.2, 0) is 16.8 Å². The van der Waals surface area contributed by atoms with E-state index in [1.807, 2.05) is 78.2 Å². The molecule has 1 amide bonds. The van der Waals surface area contributed by atoms with Crippen molar-refractivity contribution in [1.29, 1.82) is 0 Å². The monoisotopic (exact) mass is 335 g/mol. The molecule has 0 saturated heterocycles. The van der Waals surface area contributed by atoms with Crippen LogP contribution in [0.5, 0.6) is 0 Å². The molecular weight excluding hydrogens is 314 g/mol. The molecule has 0 radical (unpaired) electrons. The molecule has 0 saturated carbocycles. The summed E-state index contributed by atoms with van der Waals surface area (Å²) in [5.74, 6) is 0.0517. The number of hydrogen-bond donors (Lipinski definition) is 1. The first-order valence-corrected chi connectivity index (χ1v) is 9.07. The van der Waals surface area contributed by atoms with Crippen molar-refractivity contribution in [3.05, 3.63) is 94.2 Å². The second kappa shape index (κ2) is 7.45. The number of rotatable bonds is 6. The summed E-state index contributed by atoms with van der Waals surface area (Å²) < 4.78 is 0. The van der Waals surface area contributed by atoms with Crippen molar-refractivity contribution in [3.8, 4) is 0 Å². The number of carbonyl (C=O) groups excluding carboxylic acids is 1. The number of carbonyl (C=O) groups is 1. The lowest BCUT2D eigenvalue weighted by molar-refractivity contribution is -0.125. The van der Waals surface area contributed by atoms with E-state index in [2.05, 4.69) is 12.2 Å². The molecule has 1 aromatic heterocycles. The average molecular weight is 335 g/mol. The molecule has 2 aromatic carbocycles. The van der Waals surface area contributed by atoms with Crippen LogP contribution in [0.4, 0.5) is 0 Å². The molecule has 0 unspecified atom stereocenters. The molecule has 1 N–H and O–H groups in total. The Labute approximate surface area is 147 Å². The van der Waals surface area contributed by atoms with Gasteiger partial charge >= 0.3 is 0 Å². The minimum absolute atomic E-state index is 0.0517. The normalized spacial score (nSPS) is 11.2. The second-order valence-corrected chi connectivity index (χ2v) is 6.79. The molecule has 3 aromatic rings. The quantitative estimate of drug-likeness (QED) is 0.691. The third kappa shape index (κ3) is 3.13. The number of nitrogens with one attached hydrogen (secondary N) is 1. The van der Waals surface area contributed by atoms with Gasteiger partial charge in [-0.05, 0) is 29.0 Å². The summed E-state index contributed by atoms with van der Waals surface area (Å²) in [5, 5.41) is 5.18. The molecule has 1 heterocycles. The van der Waals surface area contributed by atoms with Crippen molar-refractivity contribution in [2.45, 2.75) is 25.3 Å². The SMILES string of the molecule is CCC(C(=O)NCc1cccs1)(c1ccccc1)c1ccccc1. The van der Waals surface area contributed by atoms with E-state index in [4.69, 9.17) is 0 Å². The lowest BCUT2D eigenvalue weighted by Gasteiger charge is -2.32. The van der Waals surface area contributed by atoms with Crippen LogP contribution < -0.4 is 5.32 Å². The minimum Gasteiger partial charge on any atom is -0.350 e. The Balaban J connectivity index is 1.99. The molecule has 0 aliphatic heterocycles. The van der Waals surface area contributed by atoms with Crippen LogP contribution in [0.2, 0.25) is 0 Å². The number of thiophene rings is 1. The summed E-state index contributed by atoms with van der Waals surface area (Å²) in [6.45, 7) is 2.64. The Bertz CT molecular complexity index is 727.